The number of nitrogens with zero attached hydrogens (tertiary/aromatic N) is 3. The lowest BCUT2D eigenvalue weighted by Gasteiger charge is -2.11. The summed E-state index contributed by atoms with van der Waals surface area (Å²) >= 11 is 1.61. The highest BCUT2D eigenvalue weighted by Gasteiger charge is 2.20. The molecule has 1 aromatic heterocycles. The molecule has 134 valence electrons. The van der Waals surface area contributed by atoms with Gasteiger partial charge in [0.1, 0.15) is 0 Å². The molecule has 0 bridgehead atoms. The predicted molar refractivity (Wildman–Crippen MR) is 97.9 cm³/mol. The van der Waals surface area contributed by atoms with Gasteiger partial charge in [-0.3, -0.25) is 4.57 Å². The van der Waals surface area contributed by atoms with Crippen LogP contribution >= 0.6 is 11.8 Å². The van der Waals surface area contributed by atoms with Crippen molar-refractivity contribution in [1.29, 1.82) is 0 Å². The summed E-state index contributed by atoms with van der Waals surface area (Å²) in [5.74, 6) is 0.764. The van der Waals surface area contributed by atoms with Crippen molar-refractivity contribution in [3.63, 3.8) is 0 Å². The standard InChI is InChI=1S/C18H24N4O2S/c1-3-24-17(23)16-20-21-18(22(16)2)25-10-6-9-19-15-11-13-7-4-5-8-14(13)12-15/h4-5,7-8,15,19H,3,6,9-12H2,1-2H3. The molecule has 0 amide bonds. The van der Waals surface area contributed by atoms with E-state index < -0.39 is 5.97 Å². The number of esters is 1. The summed E-state index contributed by atoms with van der Waals surface area (Å²) in [7, 11) is 1.79. The second-order valence-electron chi connectivity index (χ2n) is 6.12. The average molecular weight is 360 g/mol. The number of ether oxygens (including phenoxy) is 1. The van der Waals surface area contributed by atoms with Gasteiger partial charge < -0.3 is 10.1 Å². The summed E-state index contributed by atoms with van der Waals surface area (Å²) in [5, 5.41) is 12.4. The van der Waals surface area contributed by atoms with E-state index in [2.05, 4.69) is 39.8 Å². The Kier molecular flexibility index (Phi) is 6.09. The van der Waals surface area contributed by atoms with Gasteiger partial charge in [-0.1, -0.05) is 36.0 Å². The van der Waals surface area contributed by atoms with Crippen LogP contribution in [0.4, 0.5) is 0 Å². The number of benzene rings is 1. The SMILES string of the molecule is CCOC(=O)c1nnc(SCCCNC2Cc3ccccc3C2)n1C. The smallest absolute Gasteiger partial charge is 0.376 e. The molecule has 25 heavy (non-hydrogen) atoms. The predicted octanol–water partition coefficient (Wildman–Crippen LogP) is 2.23. The van der Waals surface area contributed by atoms with Crippen molar-refractivity contribution in [1.82, 2.24) is 20.1 Å². The zero-order valence-corrected chi connectivity index (χ0v) is 15.5. The van der Waals surface area contributed by atoms with E-state index in [-0.39, 0.29) is 5.82 Å². The van der Waals surface area contributed by atoms with E-state index in [0.717, 1.165) is 36.7 Å². The zero-order valence-electron chi connectivity index (χ0n) is 14.7. The quantitative estimate of drug-likeness (QED) is 0.442. The Bertz CT molecular complexity index is 707. The lowest BCUT2D eigenvalue weighted by Crippen LogP contribution is -2.30. The Balaban J connectivity index is 1.38. The molecule has 1 aliphatic carbocycles. The van der Waals surface area contributed by atoms with Crippen molar-refractivity contribution < 1.29 is 9.53 Å². The fourth-order valence-electron chi connectivity index (χ4n) is 3.06. The minimum absolute atomic E-state index is 0.256. The first-order valence-corrected chi connectivity index (χ1v) is 9.67. The summed E-state index contributed by atoms with van der Waals surface area (Å²) in [6, 6.07) is 9.23. The van der Waals surface area contributed by atoms with Crippen LogP contribution in [-0.4, -0.2) is 45.7 Å². The summed E-state index contributed by atoms with van der Waals surface area (Å²) in [6.45, 7) is 3.10. The molecule has 6 nitrogen and oxygen atoms in total. The molecule has 0 radical (unpaired) electrons. The molecule has 0 spiro atoms. The molecule has 1 aromatic carbocycles. The van der Waals surface area contributed by atoms with Gasteiger partial charge in [0.25, 0.3) is 0 Å². The minimum atomic E-state index is -0.424. The van der Waals surface area contributed by atoms with E-state index in [1.165, 1.54) is 11.1 Å². The Morgan fingerprint density at radius 3 is 2.72 bits per heavy atom. The number of thioether (sulfide) groups is 1. The van der Waals surface area contributed by atoms with Crippen molar-refractivity contribution in [3.05, 3.63) is 41.2 Å². The second kappa shape index (κ2) is 8.49. The maximum Gasteiger partial charge on any atom is 0.376 e. The summed E-state index contributed by atoms with van der Waals surface area (Å²) in [5.41, 5.74) is 2.94. The van der Waals surface area contributed by atoms with Crippen molar-refractivity contribution in [2.24, 2.45) is 7.05 Å². The van der Waals surface area contributed by atoms with Crippen molar-refractivity contribution in [2.75, 3.05) is 18.9 Å². The Morgan fingerprint density at radius 1 is 1.32 bits per heavy atom. The third-order valence-corrected chi connectivity index (χ3v) is 5.44. The Morgan fingerprint density at radius 2 is 2.04 bits per heavy atom. The van der Waals surface area contributed by atoms with E-state index in [9.17, 15) is 4.79 Å². The summed E-state index contributed by atoms with van der Waals surface area (Å²) in [4.78, 5) is 11.7. The normalized spacial score (nSPS) is 13.8. The number of aromatic nitrogens is 3. The van der Waals surface area contributed by atoms with Gasteiger partial charge >= 0.3 is 5.97 Å². The minimum Gasteiger partial charge on any atom is -0.460 e. The maximum absolute atomic E-state index is 11.7. The van der Waals surface area contributed by atoms with Crippen LogP contribution in [0.1, 0.15) is 35.1 Å². The van der Waals surface area contributed by atoms with Crippen molar-refractivity contribution in [2.45, 2.75) is 37.4 Å². The van der Waals surface area contributed by atoms with Crippen LogP contribution in [0, 0.1) is 0 Å². The Labute approximate surface area is 152 Å². The monoisotopic (exact) mass is 360 g/mol. The van der Waals surface area contributed by atoms with Crippen LogP contribution < -0.4 is 5.32 Å². The van der Waals surface area contributed by atoms with Crippen LogP contribution in [0.5, 0.6) is 0 Å². The molecule has 1 aliphatic rings. The summed E-state index contributed by atoms with van der Waals surface area (Å²) < 4.78 is 6.67. The molecule has 1 N–H and O–H groups in total. The first-order chi connectivity index (χ1) is 12.2. The van der Waals surface area contributed by atoms with Gasteiger partial charge in [0.2, 0.25) is 5.82 Å². The number of fused-ring (bicyclic) bond motifs is 1. The highest BCUT2D eigenvalue weighted by Crippen LogP contribution is 2.22. The first-order valence-electron chi connectivity index (χ1n) is 8.68. The van der Waals surface area contributed by atoms with Gasteiger partial charge in [-0.25, -0.2) is 4.79 Å². The molecule has 2 aromatic rings. The highest BCUT2D eigenvalue weighted by atomic mass is 32.2. The van der Waals surface area contributed by atoms with Gasteiger partial charge in [0, 0.05) is 18.8 Å². The van der Waals surface area contributed by atoms with E-state index in [4.69, 9.17) is 4.74 Å². The maximum atomic E-state index is 11.7. The van der Waals surface area contributed by atoms with Crippen LogP contribution in [0.3, 0.4) is 0 Å². The van der Waals surface area contributed by atoms with E-state index >= 15 is 0 Å². The van der Waals surface area contributed by atoms with Crippen molar-refractivity contribution >= 4 is 17.7 Å². The number of carbonyl (C=O) groups is 1. The third kappa shape index (κ3) is 4.41. The molecule has 0 fully saturated rings. The molecule has 1 heterocycles. The van der Waals surface area contributed by atoms with Gasteiger partial charge in [-0.15, -0.1) is 10.2 Å². The van der Waals surface area contributed by atoms with Crippen LogP contribution in [0.25, 0.3) is 0 Å². The fourth-order valence-corrected chi connectivity index (χ4v) is 3.91. The van der Waals surface area contributed by atoms with Gasteiger partial charge in [-0.2, -0.15) is 0 Å². The average Bonchev–Trinajstić information content (AvgIpc) is 3.18. The third-order valence-electron chi connectivity index (χ3n) is 4.33. The lowest BCUT2D eigenvalue weighted by molar-refractivity contribution is 0.0506. The molecular formula is C18H24N4O2S. The van der Waals surface area contributed by atoms with Crippen molar-refractivity contribution in [3.8, 4) is 0 Å². The molecule has 0 atom stereocenters. The molecule has 3 rings (SSSR count). The number of hydrogen-bond donors (Lipinski definition) is 1. The van der Waals surface area contributed by atoms with E-state index in [0.29, 0.717) is 12.6 Å². The molecule has 7 heteroatoms. The molecule has 0 unspecified atom stereocenters. The highest BCUT2D eigenvalue weighted by molar-refractivity contribution is 7.99. The van der Waals surface area contributed by atoms with Crippen LogP contribution in [-0.2, 0) is 24.6 Å². The number of rotatable bonds is 8. The van der Waals surface area contributed by atoms with Crippen LogP contribution in [0.2, 0.25) is 0 Å². The molecule has 0 saturated heterocycles. The van der Waals surface area contributed by atoms with Gasteiger partial charge in [0.15, 0.2) is 5.16 Å². The van der Waals surface area contributed by atoms with Gasteiger partial charge in [0.05, 0.1) is 6.61 Å². The van der Waals surface area contributed by atoms with E-state index in [1.807, 2.05) is 0 Å². The van der Waals surface area contributed by atoms with Crippen LogP contribution in [0.15, 0.2) is 29.4 Å². The Hall–Kier alpha value is -1.86. The molecular weight excluding hydrogens is 336 g/mol. The largest absolute Gasteiger partial charge is 0.460 e. The zero-order chi connectivity index (χ0) is 17.6. The van der Waals surface area contributed by atoms with E-state index in [1.54, 1.807) is 30.3 Å². The lowest BCUT2D eigenvalue weighted by atomic mass is 10.1. The molecule has 0 saturated carbocycles. The summed E-state index contributed by atoms with van der Waals surface area (Å²) in [6.07, 6.45) is 3.28. The second-order valence-corrected chi connectivity index (χ2v) is 7.18. The number of carbonyl (C=O) groups excluding carboxylic acids is 1. The first kappa shape index (κ1) is 17.9. The topological polar surface area (TPSA) is 69.0 Å². The number of hydrogen-bond acceptors (Lipinski definition) is 6. The fraction of sp³-hybridized carbons (Fsp3) is 0.500. The van der Waals surface area contributed by atoms with Gasteiger partial charge in [-0.05, 0) is 43.9 Å². The number of nitrogens with one attached hydrogen (secondary N) is 1. The molecule has 0 aliphatic heterocycles.